The fourth-order valence-corrected chi connectivity index (χ4v) is 1.42. The maximum absolute atomic E-state index is 3.15. The predicted molar refractivity (Wildman–Crippen MR) is 29.4 cm³/mol. The number of aromatic amines is 1. The van der Waals surface area contributed by atoms with E-state index in [-0.39, 0.29) is 0 Å². The Hall–Kier alpha value is -0.960. The smallest absolute Gasteiger partial charge is 0.0965 e. The van der Waals surface area contributed by atoms with Crippen molar-refractivity contribution in [3.05, 3.63) is 17.5 Å². The minimum absolute atomic E-state index is 0.505. The van der Waals surface area contributed by atoms with Gasteiger partial charge in [0.25, 0.3) is 0 Å². The zero-order valence-corrected chi connectivity index (χ0v) is 4.15. The van der Waals surface area contributed by atoms with E-state index in [1.54, 1.807) is 0 Å². The van der Waals surface area contributed by atoms with Crippen molar-refractivity contribution in [3.63, 3.8) is 0 Å². The van der Waals surface area contributed by atoms with Crippen LogP contribution in [0, 0.1) is 0 Å². The Labute approximate surface area is 46.1 Å². The molecule has 1 unspecified atom stereocenters. The molecule has 1 atom stereocenters. The number of aromatic nitrogens is 1. The lowest BCUT2D eigenvalue weighted by atomic mass is 9.99. The summed E-state index contributed by atoms with van der Waals surface area (Å²) in [6, 6.07) is 0.505. The highest BCUT2D eigenvalue weighted by atomic mass is 15.4. The van der Waals surface area contributed by atoms with E-state index in [1.807, 2.05) is 6.20 Å². The molecular formula is C5H5N3. The van der Waals surface area contributed by atoms with Crippen LogP contribution >= 0.6 is 0 Å². The zero-order chi connectivity index (χ0) is 5.14. The van der Waals surface area contributed by atoms with E-state index in [4.69, 9.17) is 0 Å². The third-order valence-electron chi connectivity index (χ3n) is 1.88. The summed E-state index contributed by atoms with van der Waals surface area (Å²) in [5.41, 5.74) is 10.1. The van der Waals surface area contributed by atoms with Crippen LogP contribution in [0.2, 0.25) is 0 Å². The molecule has 0 aromatic carbocycles. The SMILES string of the molecule is c1[nH]c2c3c1C2NN3. The van der Waals surface area contributed by atoms with Gasteiger partial charge < -0.3 is 10.4 Å². The van der Waals surface area contributed by atoms with Gasteiger partial charge in [0, 0.05) is 11.8 Å². The molecule has 0 fully saturated rings. The quantitative estimate of drug-likeness (QED) is 0.447. The molecule has 5 rings (SSSR count). The van der Waals surface area contributed by atoms with Crippen molar-refractivity contribution < 1.29 is 0 Å². The van der Waals surface area contributed by atoms with E-state index in [2.05, 4.69) is 15.8 Å². The second kappa shape index (κ2) is 0.678. The van der Waals surface area contributed by atoms with Gasteiger partial charge in [-0.2, -0.15) is 0 Å². The van der Waals surface area contributed by atoms with Gasteiger partial charge in [0.1, 0.15) is 0 Å². The third-order valence-corrected chi connectivity index (χ3v) is 1.88. The largest absolute Gasteiger partial charge is 0.361 e. The molecule has 8 heavy (non-hydrogen) atoms. The molecule has 1 aromatic heterocycles. The van der Waals surface area contributed by atoms with Crippen LogP contribution < -0.4 is 10.9 Å². The van der Waals surface area contributed by atoms with Crippen molar-refractivity contribution in [2.45, 2.75) is 6.04 Å². The molecule has 0 saturated carbocycles. The van der Waals surface area contributed by atoms with Crippen molar-refractivity contribution in [1.82, 2.24) is 10.4 Å². The molecule has 4 heterocycles. The number of H-pyrrole nitrogens is 1. The Morgan fingerprint density at radius 1 is 1.50 bits per heavy atom. The predicted octanol–water partition coefficient (Wildman–Crippen LogP) is 0.348. The van der Waals surface area contributed by atoms with Crippen LogP contribution in [0.4, 0.5) is 5.69 Å². The van der Waals surface area contributed by atoms with Crippen molar-refractivity contribution in [2.24, 2.45) is 0 Å². The summed E-state index contributed by atoms with van der Waals surface area (Å²) < 4.78 is 0. The van der Waals surface area contributed by atoms with Crippen LogP contribution in [0.1, 0.15) is 17.3 Å². The van der Waals surface area contributed by atoms with Crippen LogP contribution in [0.15, 0.2) is 6.20 Å². The Morgan fingerprint density at radius 2 is 2.50 bits per heavy atom. The van der Waals surface area contributed by atoms with Gasteiger partial charge in [0.05, 0.1) is 17.4 Å². The first-order valence-corrected chi connectivity index (χ1v) is 2.69. The molecule has 0 spiro atoms. The Kier molecular flexibility index (Phi) is 0.266. The lowest BCUT2D eigenvalue weighted by molar-refractivity contribution is 0.746. The van der Waals surface area contributed by atoms with E-state index >= 15 is 0 Å². The Balaban J connectivity index is 2.53. The van der Waals surface area contributed by atoms with Gasteiger partial charge >= 0.3 is 0 Å². The molecule has 3 heteroatoms. The van der Waals surface area contributed by atoms with E-state index in [0.717, 1.165) is 0 Å². The Morgan fingerprint density at radius 3 is 2.88 bits per heavy atom. The van der Waals surface area contributed by atoms with Gasteiger partial charge in [-0.15, -0.1) is 0 Å². The monoisotopic (exact) mass is 107 g/mol. The number of hydrogen-bond acceptors (Lipinski definition) is 2. The molecule has 1 aliphatic carbocycles. The first kappa shape index (κ1) is 3.14. The van der Waals surface area contributed by atoms with Crippen molar-refractivity contribution in [3.8, 4) is 0 Å². The molecule has 0 radical (unpaired) electrons. The number of rotatable bonds is 0. The zero-order valence-electron chi connectivity index (χ0n) is 4.15. The molecule has 4 bridgehead atoms. The normalized spacial score (nSPS) is 27.2. The topological polar surface area (TPSA) is 39.9 Å². The lowest BCUT2D eigenvalue weighted by Gasteiger charge is -2.07. The molecular weight excluding hydrogens is 102 g/mol. The third kappa shape index (κ3) is 0.131. The van der Waals surface area contributed by atoms with Crippen LogP contribution in [0.25, 0.3) is 0 Å². The van der Waals surface area contributed by atoms with E-state index in [0.29, 0.717) is 6.04 Å². The number of nitrogens with one attached hydrogen (secondary N) is 3. The number of hydrazine groups is 1. The van der Waals surface area contributed by atoms with E-state index in [9.17, 15) is 0 Å². The summed E-state index contributed by atoms with van der Waals surface area (Å²) >= 11 is 0. The highest BCUT2D eigenvalue weighted by Crippen LogP contribution is 2.47. The van der Waals surface area contributed by atoms with Crippen LogP contribution in [0.5, 0.6) is 0 Å². The average molecular weight is 107 g/mol. The molecule has 4 aliphatic rings. The van der Waals surface area contributed by atoms with Gasteiger partial charge in [0.2, 0.25) is 0 Å². The van der Waals surface area contributed by atoms with Crippen LogP contribution in [0.3, 0.4) is 0 Å². The van der Waals surface area contributed by atoms with Gasteiger partial charge in [-0.05, 0) is 0 Å². The highest BCUT2D eigenvalue weighted by Gasteiger charge is 2.39. The van der Waals surface area contributed by atoms with Gasteiger partial charge in [-0.1, -0.05) is 0 Å². The average Bonchev–Trinajstić information content (AvgIpc) is 2.39. The van der Waals surface area contributed by atoms with Crippen LogP contribution in [-0.2, 0) is 0 Å². The van der Waals surface area contributed by atoms with Crippen LogP contribution in [-0.4, -0.2) is 4.98 Å². The number of anilines is 1. The Bertz CT molecular complexity index is 229. The van der Waals surface area contributed by atoms with Gasteiger partial charge in [-0.3, -0.25) is 0 Å². The molecule has 3 N–H and O–H groups in total. The number of hydrogen-bond donors (Lipinski definition) is 3. The summed E-state index contributed by atoms with van der Waals surface area (Å²) in [6.07, 6.45) is 2.04. The molecule has 3 nitrogen and oxygen atoms in total. The molecule has 0 saturated heterocycles. The minimum Gasteiger partial charge on any atom is -0.361 e. The van der Waals surface area contributed by atoms with E-state index < -0.39 is 0 Å². The summed E-state index contributed by atoms with van der Waals surface area (Å²) in [5.74, 6) is 0. The molecule has 1 aromatic rings. The van der Waals surface area contributed by atoms with E-state index in [1.165, 1.54) is 16.9 Å². The summed E-state index contributed by atoms with van der Waals surface area (Å²) in [5, 5.41) is 0. The fourth-order valence-electron chi connectivity index (χ4n) is 1.42. The maximum atomic E-state index is 3.15. The molecule has 0 amide bonds. The highest BCUT2D eigenvalue weighted by molar-refractivity contribution is 5.73. The summed E-state index contributed by atoms with van der Waals surface area (Å²) in [7, 11) is 0. The van der Waals surface area contributed by atoms with Crippen molar-refractivity contribution >= 4 is 5.69 Å². The van der Waals surface area contributed by atoms with Gasteiger partial charge in [-0.25, -0.2) is 5.43 Å². The first-order chi connectivity index (χ1) is 3.97. The lowest BCUT2D eigenvalue weighted by Crippen LogP contribution is -2.13. The second-order valence-electron chi connectivity index (χ2n) is 2.24. The fraction of sp³-hybridized carbons (Fsp3) is 0.200. The standard InChI is InChI=1S/C5H5N3/c1-2-3-5(6-1)4(2)8-7-3/h1,3,6-8H. The van der Waals surface area contributed by atoms with Gasteiger partial charge in [0.15, 0.2) is 0 Å². The first-order valence-electron chi connectivity index (χ1n) is 2.69. The second-order valence-corrected chi connectivity index (χ2v) is 2.24. The maximum Gasteiger partial charge on any atom is 0.0965 e. The minimum atomic E-state index is 0.505. The summed E-state index contributed by atoms with van der Waals surface area (Å²) in [4.78, 5) is 3.15. The summed E-state index contributed by atoms with van der Waals surface area (Å²) in [6.45, 7) is 0. The molecule has 3 aliphatic heterocycles. The van der Waals surface area contributed by atoms with Crippen molar-refractivity contribution in [2.75, 3.05) is 5.43 Å². The number of fused-ring (bicyclic) bond motifs is 2. The van der Waals surface area contributed by atoms with Crippen molar-refractivity contribution in [1.29, 1.82) is 0 Å². The molecule has 40 valence electrons.